The number of nitriles is 2. The number of rotatable bonds is 2. The summed E-state index contributed by atoms with van der Waals surface area (Å²) in [7, 11) is 0. The van der Waals surface area contributed by atoms with Crippen LogP contribution in [-0.2, 0) is 0 Å². The van der Waals surface area contributed by atoms with E-state index in [0.29, 0.717) is 27.4 Å². The lowest BCUT2D eigenvalue weighted by atomic mass is 10.1. The lowest BCUT2D eigenvalue weighted by molar-refractivity contribution is 0.102. The number of benzene rings is 2. The zero-order valence-electron chi connectivity index (χ0n) is 10.2. The number of nitrogens with one attached hydrogen (secondary N) is 1. The number of hydrogen-bond acceptors (Lipinski definition) is 3. The SMILES string of the molecule is N#Cc1ccc(C(=O)Nc2cc(Cl)ccc2C#N)cc1. The molecule has 0 spiro atoms. The van der Waals surface area contributed by atoms with Crippen LogP contribution in [0.15, 0.2) is 42.5 Å². The third-order valence-electron chi connectivity index (χ3n) is 2.63. The minimum Gasteiger partial charge on any atom is -0.321 e. The van der Waals surface area contributed by atoms with Crippen LogP contribution in [0.1, 0.15) is 21.5 Å². The molecular formula is C15H8ClN3O. The van der Waals surface area contributed by atoms with Gasteiger partial charge in [0.15, 0.2) is 0 Å². The van der Waals surface area contributed by atoms with Crippen molar-refractivity contribution in [2.75, 3.05) is 5.32 Å². The normalized spacial score (nSPS) is 9.35. The predicted molar refractivity (Wildman–Crippen MR) is 75.3 cm³/mol. The van der Waals surface area contributed by atoms with Crippen LogP contribution in [0.4, 0.5) is 5.69 Å². The molecule has 20 heavy (non-hydrogen) atoms. The van der Waals surface area contributed by atoms with Crippen molar-refractivity contribution in [3.8, 4) is 12.1 Å². The molecular weight excluding hydrogens is 274 g/mol. The molecule has 0 aliphatic rings. The summed E-state index contributed by atoms with van der Waals surface area (Å²) in [5, 5.41) is 20.7. The summed E-state index contributed by atoms with van der Waals surface area (Å²) >= 11 is 5.85. The quantitative estimate of drug-likeness (QED) is 0.917. The van der Waals surface area contributed by atoms with E-state index in [1.54, 1.807) is 30.3 Å². The van der Waals surface area contributed by atoms with Gasteiger partial charge < -0.3 is 5.32 Å². The molecule has 96 valence electrons. The average molecular weight is 282 g/mol. The van der Waals surface area contributed by atoms with Crippen molar-refractivity contribution in [2.45, 2.75) is 0 Å². The first kappa shape index (κ1) is 13.6. The minimum absolute atomic E-state index is 0.330. The fourth-order valence-corrected chi connectivity index (χ4v) is 1.78. The van der Waals surface area contributed by atoms with Gasteiger partial charge in [0, 0.05) is 10.6 Å². The first-order chi connectivity index (χ1) is 9.63. The van der Waals surface area contributed by atoms with Gasteiger partial charge in [0.2, 0.25) is 0 Å². The maximum Gasteiger partial charge on any atom is 0.255 e. The number of halogens is 1. The van der Waals surface area contributed by atoms with Gasteiger partial charge in [0.25, 0.3) is 5.91 Å². The second kappa shape index (κ2) is 5.88. The van der Waals surface area contributed by atoms with Crippen molar-refractivity contribution in [3.05, 3.63) is 64.2 Å². The maximum absolute atomic E-state index is 12.0. The van der Waals surface area contributed by atoms with Gasteiger partial charge in [0.1, 0.15) is 6.07 Å². The van der Waals surface area contributed by atoms with Crippen LogP contribution in [0, 0.1) is 22.7 Å². The number of hydrogen-bond donors (Lipinski definition) is 1. The number of anilines is 1. The molecule has 1 N–H and O–H groups in total. The van der Waals surface area contributed by atoms with Gasteiger partial charge in [-0.05, 0) is 42.5 Å². The van der Waals surface area contributed by atoms with Gasteiger partial charge in [-0.15, -0.1) is 0 Å². The van der Waals surface area contributed by atoms with E-state index in [2.05, 4.69) is 5.32 Å². The van der Waals surface area contributed by atoms with Gasteiger partial charge in [-0.25, -0.2) is 0 Å². The molecule has 2 rings (SSSR count). The summed E-state index contributed by atoms with van der Waals surface area (Å²) in [5.74, 6) is -0.367. The first-order valence-corrected chi connectivity index (χ1v) is 6.03. The highest BCUT2D eigenvalue weighted by molar-refractivity contribution is 6.31. The van der Waals surface area contributed by atoms with Crippen LogP contribution in [0.2, 0.25) is 5.02 Å². The lowest BCUT2D eigenvalue weighted by Crippen LogP contribution is -2.12. The molecule has 0 saturated carbocycles. The van der Waals surface area contributed by atoms with E-state index in [9.17, 15) is 4.79 Å². The Kier molecular flexibility index (Phi) is 4.00. The Morgan fingerprint density at radius 3 is 2.35 bits per heavy atom. The topological polar surface area (TPSA) is 76.7 Å². The minimum atomic E-state index is -0.367. The van der Waals surface area contributed by atoms with Crippen molar-refractivity contribution in [3.63, 3.8) is 0 Å². The molecule has 0 fully saturated rings. The van der Waals surface area contributed by atoms with Crippen molar-refractivity contribution < 1.29 is 4.79 Å². The number of amides is 1. The molecule has 0 radical (unpaired) electrons. The molecule has 4 nitrogen and oxygen atoms in total. The Hall–Kier alpha value is -2.82. The standard InChI is InChI=1S/C15H8ClN3O/c16-13-6-5-12(9-18)14(7-13)19-15(20)11-3-1-10(8-17)2-4-11/h1-7H,(H,19,20). The molecule has 0 aliphatic heterocycles. The molecule has 2 aromatic carbocycles. The van der Waals surface area contributed by atoms with Crippen molar-refractivity contribution in [1.82, 2.24) is 0 Å². The van der Waals surface area contributed by atoms with Gasteiger partial charge in [-0.3, -0.25) is 4.79 Å². The summed E-state index contributed by atoms with van der Waals surface area (Å²) in [6, 6.07) is 14.8. The smallest absolute Gasteiger partial charge is 0.255 e. The molecule has 0 atom stereocenters. The van der Waals surface area contributed by atoms with Gasteiger partial charge >= 0.3 is 0 Å². The predicted octanol–water partition coefficient (Wildman–Crippen LogP) is 3.34. The van der Waals surface area contributed by atoms with E-state index in [0.717, 1.165) is 0 Å². The van der Waals surface area contributed by atoms with E-state index in [1.165, 1.54) is 12.1 Å². The van der Waals surface area contributed by atoms with Gasteiger partial charge in [-0.2, -0.15) is 10.5 Å². The van der Waals surface area contributed by atoms with E-state index in [1.807, 2.05) is 12.1 Å². The summed E-state index contributed by atoms with van der Waals surface area (Å²) in [4.78, 5) is 12.0. The highest BCUT2D eigenvalue weighted by Gasteiger charge is 2.09. The van der Waals surface area contributed by atoms with Crippen molar-refractivity contribution in [1.29, 1.82) is 10.5 Å². The van der Waals surface area contributed by atoms with Crippen LogP contribution in [0.3, 0.4) is 0 Å². The summed E-state index contributed by atoms with van der Waals surface area (Å²) < 4.78 is 0. The Bertz CT molecular complexity index is 739. The largest absolute Gasteiger partial charge is 0.321 e. The molecule has 5 heteroatoms. The van der Waals surface area contributed by atoms with E-state index < -0.39 is 0 Å². The Labute approximate surface area is 120 Å². The Morgan fingerprint density at radius 2 is 1.75 bits per heavy atom. The number of carbonyl (C=O) groups excluding carboxylic acids is 1. The zero-order chi connectivity index (χ0) is 14.5. The summed E-state index contributed by atoms with van der Waals surface area (Å²) in [6.45, 7) is 0. The summed E-state index contributed by atoms with van der Waals surface area (Å²) in [6.07, 6.45) is 0. The van der Waals surface area contributed by atoms with Crippen LogP contribution >= 0.6 is 11.6 Å². The average Bonchev–Trinajstić information content (AvgIpc) is 2.47. The number of nitrogens with zero attached hydrogens (tertiary/aromatic N) is 2. The first-order valence-electron chi connectivity index (χ1n) is 5.65. The molecule has 0 aromatic heterocycles. The monoisotopic (exact) mass is 281 g/mol. The van der Waals surface area contributed by atoms with Crippen LogP contribution in [0.5, 0.6) is 0 Å². The third-order valence-corrected chi connectivity index (χ3v) is 2.86. The Balaban J connectivity index is 2.26. The highest BCUT2D eigenvalue weighted by atomic mass is 35.5. The fraction of sp³-hybridized carbons (Fsp3) is 0. The van der Waals surface area contributed by atoms with E-state index in [4.69, 9.17) is 22.1 Å². The van der Waals surface area contributed by atoms with Crippen LogP contribution < -0.4 is 5.32 Å². The van der Waals surface area contributed by atoms with Gasteiger partial charge in [0.05, 0.1) is 22.9 Å². The maximum atomic E-state index is 12.0. The second-order valence-corrected chi connectivity index (χ2v) is 4.38. The van der Waals surface area contributed by atoms with Crippen LogP contribution in [0.25, 0.3) is 0 Å². The third kappa shape index (κ3) is 2.95. The zero-order valence-corrected chi connectivity index (χ0v) is 11.0. The van der Waals surface area contributed by atoms with Crippen molar-refractivity contribution >= 4 is 23.2 Å². The molecule has 0 aliphatic carbocycles. The molecule has 0 unspecified atom stereocenters. The number of carbonyl (C=O) groups is 1. The molecule has 1 amide bonds. The molecule has 2 aromatic rings. The lowest BCUT2D eigenvalue weighted by Gasteiger charge is -2.07. The van der Waals surface area contributed by atoms with Crippen molar-refractivity contribution in [2.24, 2.45) is 0 Å². The van der Waals surface area contributed by atoms with Crippen LogP contribution in [-0.4, -0.2) is 5.91 Å². The van der Waals surface area contributed by atoms with E-state index in [-0.39, 0.29) is 5.91 Å². The molecule has 0 saturated heterocycles. The Morgan fingerprint density at radius 1 is 1.05 bits per heavy atom. The molecule has 0 heterocycles. The molecule has 0 bridgehead atoms. The fourth-order valence-electron chi connectivity index (χ4n) is 1.61. The van der Waals surface area contributed by atoms with Gasteiger partial charge in [-0.1, -0.05) is 11.6 Å². The highest BCUT2D eigenvalue weighted by Crippen LogP contribution is 2.21. The second-order valence-electron chi connectivity index (χ2n) is 3.94. The summed E-state index contributed by atoms with van der Waals surface area (Å²) in [5.41, 5.74) is 1.56. The van der Waals surface area contributed by atoms with E-state index >= 15 is 0 Å².